The fourth-order valence-corrected chi connectivity index (χ4v) is 4.04. The number of carbonyl (C=O) groups excluding carboxylic acids is 1. The Morgan fingerprint density at radius 2 is 1.81 bits per heavy atom. The van der Waals surface area contributed by atoms with Crippen LogP contribution in [0.25, 0.3) is 11.3 Å². The maximum Gasteiger partial charge on any atom is 0.228 e. The summed E-state index contributed by atoms with van der Waals surface area (Å²) in [6, 6.07) is 6.33. The van der Waals surface area contributed by atoms with Gasteiger partial charge in [0, 0.05) is 29.6 Å². The van der Waals surface area contributed by atoms with E-state index in [1.807, 2.05) is 30.0 Å². The molecular weight excluding hydrogens is 344 g/mol. The van der Waals surface area contributed by atoms with Crippen LogP contribution in [0.5, 0.6) is 0 Å². The highest BCUT2D eigenvalue weighted by molar-refractivity contribution is 7.14. The first-order chi connectivity index (χ1) is 12.3. The topological polar surface area (TPSA) is 59.8 Å². The SMILES string of the molecule is Cc1cc(C)c(-c2csc(NC(=O)CCn3nc(C)cc3C)n2)c(C)c1. The van der Waals surface area contributed by atoms with Crippen molar-refractivity contribution in [3.8, 4) is 11.3 Å². The normalized spacial score (nSPS) is 11.0. The molecule has 0 bridgehead atoms. The molecule has 1 amide bonds. The van der Waals surface area contributed by atoms with Crippen LogP contribution in [-0.4, -0.2) is 20.7 Å². The Hall–Kier alpha value is -2.47. The molecule has 1 aromatic carbocycles. The van der Waals surface area contributed by atoms with Crippen LogP contribution in [0.4, 0.5) is 5.13 Å². The van der Waals surface area contributed by atoms with E-state index in [2.05, 4.69) is 48.3 Å². The molecule has 1 N–H and O–H groups in total. The summed E-state index contributed by atoms with van der Waals surface area (Å²) >= 11 is 1.46. The Morgan fingerprint density at radius 3 is 2.42 bits per heavy atom. The van der Waals surface area contributed by atoms with Crippen LogP contribution in [-0.2, 0) is 11.3 Å². The van der Waals surface area contributed by atoms with Crippen molar-refractivity contribution in [2.75, 3.05) is 5.32 Å². The van der Waals surface area contributed by atoms with E-state index in [-0.39, 0.29) is 5.91 Å². The quantitative estimate of drug-likeness (QED) is 0.717. The molecule has 0 unspecified atom stereocenters. The number of thiazole rings is 1. The zero-order valence-corrected chi connectivity index (χ0v) is 16.7. The molecule has 3 aromatic rings. The lowest BCUT2D eigenvalue weighted by atomic mass is 9.98. The second kappa shape index (κ2) is 7.41. The van der Waals surface area contributed by atoms with Gasteiger partial charge in [-0.2, -0.15) is 5.10 Å². The van der Waals surface area contributed by atoms with Gasteiger partial charge in [-0.25, -0.2) is 4.98 Å². The van der Waals surface area contributed by atoms with Crippen LogP contribution in [0.1, 0.15) is 34.5 Å². The van der Waals surface area contributed by atoms with Crippen molar-refractivity contribution >= 4 is 22.4 Å². The van der Waals surface area contributed by atoms with Gasteiger partial charge >= 0.3 is 0 Å². The van der Waals surface area contributed by atoms with Gasteiger partial charge in [-0.3, -0.25) is 9.48 Å². The predicted octanol–water partition coefficient (Wildman–Crippen LogP) is 4.58. The van der Waals surface area contributed by atoms with E-state index >= 15 is 0 Å². The van der Waals surface area contributed by atoms with E-state index in [0.29, 0.717) is 18.1 Å². The van der Waals surface area contributed by atoms with Crippen LogP contribution < -0.4 is 5.32 Å². The molecule has 0 radical (unpaired) electrons. The molecule has 0 aliphatic rings. The number of rotatable bonds is 5. The summed E-state index contributed by atoms with van der Waals surface area (Å²) in [4.78, 5) is 16.9. The molecule has 0 saturated heterocycles. The molecule has 5 nitrogen and oxygen atoms in total. The van der Waals surface area contributed by atoms with E-state index in [1.165, 1.54) is 28.0 Å². The first kappa shape index (κ1) is 18.3. The molecule has 0 fully saturated rings. The molecule has 26 heavy (non-hydrogen) atoms. The molecule has 136 valence electrons. The lowest BCUT2D eigenvalue weighted by Gasteiger charge is -2.08. The fraction of sp³-hybridized carbons (Fsp3) is 0.350. The van der Waals surface area contributed by atoms with Gasteiger partial charge < -0.3 is 5.32 Å². The molecule has 0 spiro atoms. The van der Waals surface area contributed by atoms with Crippen LogP contribution in [0.15, 0.2) is 23.6 Å². The van der Waals surface area contributed by atoms with Crippen molar-refractivity contribution in [1.82, 2.24) is 14.8 Å². The van der Waals surface area contributed by atoms with Crippen molar-refractivity contribution in [1.29, 1.82) is 0 Å². The Morgan fingerprint density at radius 1 is 1.12 bits per heavy atom. The van der Waals surface area contributed by atoms with Crippen LogP contribution in [0.2, 0.25) is 0 Å². The average molecular weight is 369 g/mol. The molecule has 2 aromatic heterocycles. The number of benzene rings is 1. The Kier molecular flexibility index (Phi) is 5.23. The third-order valence-electron chi connectivity index (χ3n) is 4.34. The Labute approximate surface area is 158 Å². The molecular formula is C20H24N4OS. The summed E-state index contributed by atoms with van der Waals surface area (Å²) in [5.74, 6) is -0.0456. The lowest BCUT2D eigenvalue weighted by Crippen LogP contribution is -2.15. The second-order valence-corrected chi connectivity index (χ2v) is 7.62. The van der Waals surface area contributed by atoms with E-state index < -0.39 is 0 Å². The third-order valence-corrected chi connectivity index (χ3v) is 5.10. The third kappa shape index (κ3) is 4.02. The molecule has 0 saturated carbocycles. The predicted molar refractivity (Wildman–Crippen MR) is 107 cm³/mol. The number of nitrogens with one attached hydrogen (secondary N) is 1. The molecule has 0 aliphatic carbocycles. The number of anilines is 1. The molecule has 6 heteroatoms. The van der Waals surface area contributed by atoms with E-state index in [0.717, 1.165) is 22.6 Å². The summed E-state index contributed by atoms with van der Waals surface area (Å²) in [6.45, 7) is 10.8. The summed E-state index contributed by atoms with van der Waals surface area (Å²) in [5, 5.41) is 9.93. The van der Waals surface area contributed by atoms with Gasteiger partial charge in [-0.15, -0.1) is 11.3 Å². The lowest BCUT2D eigenvalue weighted by molar-refractivity contribution is -0.116. The highest BCUT2D eigenvalue weighted by Gasteiger charge is 2.13. The molecule has 2 heterocycles. The van der Waals surface area contributed by atoms with Crippen molar-refractivity contribution in [2.24, 2.45) is 0 Å². The van der Waals surface area contributed by atoms with Crippen molar-refractivity contribution in [3.63, 3.8) is 0 Å². The zero-order chi connectivity index (χ0) is 18.8. The van der Waals surface area contributed by atoms with Crippen LogP contribution >= 0.6 is 11.3 Å². The largest absolute Gasteiger partial charge is 0.302 e. The van der Waals surface area contributed by atoms with Crippen LogP contribution in [0, 0.1) is 34.6 Å². The van der Waals surface area contributed by atoms with Crippen LogP contribution in [0.3, 0.4) is 0 Å². The monoisotopic (exact) mass is 368 g/mol. The summed E-state index contributed by atoms with van der Waals surface area (Å²) < 4.78 is 1.86. The van der Waals surface area contributed by atoms with Gasteiger partial charge in [0.1, 0.15) is 0 Å². The smallest absolute Gasteiger partial charge is 0.228 e. The minimum Gasteiger partial charge on any atom is -0.302 e. The van der Waals surface area contributed by atoms with Gasteiger partial charge in [0.15, 0.2) is 5.13 Å². The standard InChI is InChI=1S/C20H24N4OS/c1-12-8-13(2)19(14(3)9-12)17-11-26-20(21-17)22-18(25)6-7-24-16(5)10-15(4)23-24/h8-11H,6-7H2,1-5H3,(H,21,22,25). The highest BCUT2D eigenvalue weighted by atomic mass is 32.1. The van der Waals surface area contributed by atoms with Crippen molar-refractivity contribution in [3.05, 3.63) is 51.7 Å². The van der Waals surface area contributed by atoms with Gasteiger partial charge in [-0.05, 0) is 51.8 Å². The van der Waals surface area contributed by atoms with Crippen molar-refractivity contribution in [2.45, 2.75) is 47.6 Å². The molecule has 0 atom stereocenters. The van der Waals surface area contributed by atoms with E-state index in [1.54, 1.807) is 0 Å². The van der Waals surface area contributed by atoms with E-state index in [4.69, 9.17) is 0 Å². The maximum absolute atomic E-state index is 12.2. The number of hydrogen-bond donors (Lipinski definition) is 1. The average Bonchev–Trinajstić information content (AvgIpc) is 3.10. The van der Waals surface area contributed by atoms with Gasteiger partial charge in [0.25, 0.3) is 0 Å². The number of nitrogens with zero attached hydrogens (tertiary/aromatic N) is 3. The summed E-state index contributed by atoms with van der Waals surface area (Å²) in [5.41, 5.74) is 7.75. The van der Waals surface area contributed by atoms with Crippen molar-refractivity contribution < 1.29 is 4.79 Å². The second-order valence-electron chi connectivity index (χ2n) is 6.76. The minimum atomic E-state index is -0.0456. The number of carbonyl (C=O) groups is 1. The van der Waals surface area contributed by atoms with Gasteiger partial charge in [0.2, 0.25) is 5.91 Å². The van der Waals surface area contributed by atoms with Gasteiger partial charge in [0.05, 0.1) is 11.4 Å². The molecule has 0 aliphatic heterocycles. The minimum absolute atomic E-state index is 0.0456. The number of aromatic nitrogens is 3. The summed E-state index contributed by atoms with van der Waals surface area (Å²) in [6.07, 6.45) is 0.374. The number of amides is 1. The first-order valence-corrected chi connectivity index (χ1v) is 9.56. The zero-order valence-electron chi connectivity index (χ0n) is 15.9. The number of hydrogen-bond acceptors (Lipinski definition) is 4. The summed E-state index contributed by atoms with van der Waals surface area (Å²) in [7, 11) is 0. The van der Waals surface area contributed by atoms with Gasteiger partial charge in [-0.1, -0.05) is 17.7 Å². The highest BCUT2D eigenvalue weighted by Crippen LogP contribution is 2.31. The molecule has 3 rings (SSSR count). The van der Waals surface area contributed by atoms with E-state index in [9.17, 15) is 4.79 Å². The number of aryl methyl sites for hydroxylation is 6. The fourth-order valence-electron chi connectivity index (χ4n) is 3.32. The Bertz CT molecular complexity index is 932. The Balaban J connectivity index is 1.67. The first-order valence-electron chi connectivity index (χ1n) is 8.68. The maximum atomic E-state index is 12.2.